The summed E-state index contributed by atoms with van der Waals surface area (Å²) in [6.45, 7) is 4.47. The zero-order valence-electron chi connectivity index (χ0n) is 11.2. The van der Waals surface area contributed by atoms with Crippen LogP contribution in [-0.2, 0) is 17.8 Å². The molecule has 1 rings (SSSR count). The third kappa shape index (κ3) is 4.72. The lowest BCUT2D eigenvalue weighted by molar-refractivity contribution is -0.127. The number of rotatable bonds is 7. The van der Waals surface area contributed by atoms with Crippen LogP contribution in [0.3, 0.4) is 0 Å². The molecule has 0 unspecified atom stereocenters. The fourth-order valence-corrected chi connectivity index (χ4v) is 2.29. The summed E-state index contributed by atoms with van der Waals surface area (Å²) >= 11 is 1.52. The van der Waals surface area contributed by atoms with Gasteiger partial charge in [-0.3, -0.25) is 9.69 Å². The monoisotopic (exact) mass is 271 g/mol. The van der Waals surface area contributed by atoms with Crippen molar-refractivity contribution in [3.8, 4) is 0 Å². The van der Waals surface area contributed by atoms with Crippen LogP contribution in [0.5, 0.6) is 0 Å². The molecule has 0 aliphatic carbocycles. The van der Waals surface area contributed by atoms with Crippen LogP contribution < -0.4 is 0 Å². The minimum atomic E-state index is 0.0682. The molecular weight excluding hydrogens is 250 g/mol. The van der Waals surface area contributed by atoms with Gasteiger partial charge < -0.3 is 10.0 Å². The molecule has 0 aromatic carbocycles. The maximum Gasteiger partial charge on any atom is 0.228 e. The lowest BCUT2D eigenvalue weighted by Gasteiger charge is -2.17. The van der Waals surface area contributed by atoms with Gasteiger partial charge in [-0.25, -0.2) is 4.98 Å². The number of carbonyl (C=O) groups excluding carboxylic acids is 1. The Morgan fingerprint density at radius 2 is 2.22 bits per heavy atom. The highest BCUT2D eigenvalue weighted by molar-refractivity contribution is 7.09. The number of aromatic nitrogens is 1. The summed E-state index contributed by atoms with van der Waals surface area (Å²) in [5.74, 6) is 0.0682. The smallest absolute Gasteiger partial charge is 0.228 e. The van der Waals surface area contributed by atoms with Gasteiger partial charge in [0, 0.05) is 32.6 Å². The van der Waals surface area contributed by atoms with Crippen molar-refractivity contribution in [1.29, 1.82) is 0 Å². The third-order valence-electron chi connectivity index (χ3n) is 2.65. The Labute approximate surface area is 112 Å². The van der Waals surface area contributed by atoms with Crippen molar-refractivity contribution in [3.63, 3.8) is 0 Å². The van der Waals surface area contributed by atoms with Crippen molar-refractivity contribution in [2.24, 2.45) is 0 Å². The maximum atomic E-state index is 11.6. The third-order valence-corrected chi connectivity index (χ3v) is 3.55. The van der Waals surface area contributed by atoms with E-state index in [0.29, 0.717) is 13.0 Å². The van der Waals surface area contributed by atoms with Gasteiger partial charge in [0.05, 0.1) is 18.7 Å². The Balaban J connectivity index is 2.54. The number of thiazole rings is 1. The first-order chi connectivity index (χ1) is 8.56. The molecule has 102 valence electrons. The fourth-order valence-electron chi connectivity index (χ4n) is 1.51. The van der Waals surface area contributed by atoms with Crippen LogP contribution in [0.4, 0.5) is 0 Å². The number of aliphatic hydroxyl groups excluding tert-OH is 1. The van der Waals surface area contributed by atoms with Gasteiger partial charge in [0.15, 0.2) is 0 Å². The standard InChI is InChI=1S/C12H21N3O2S/c1-4-15(5-6-16)8-10-9-18-11(13-10)7-12(17)14(2)3/h9,16H,4-8H2,1-3H3. The van der Waals surface area contributed by atoms with Crippen LogP contribution in [0.2, 0.25) is 0 Å². The number of carbonyl (C=O) groups is 1. The molecule has 0 aliphatic rings. The Kier molecular flexibility index (Phi) is 6.24. The normalized spacial score (nSPS) is 10.9. The van der Waals surface area contributed by atoms with E-state index in [-0.39, 0.29) is 12.5 Å². The minimum absolute atomic E-state index is 0.0682. The second-order valence-electron chi connectivity index (χ2n) is 4.29. The molecule has 0 saturated heterocycles. The van der Waals surface area contributed by atoms with Gasteiger partial charge >= 0.3 is 0 Å². The number of aliphatic hydroxyl groups is 1. The van der Waals surface area contributed by atoms with E-state index in [9.17, 15) is 4.79 Å². The van der Waals surface area contributed by atoms with Crippen molar-refractivity contribution < 1.29 is 9.90 Å². The highest BCUT2D eigenvalue weighted by Crippen LogP contribution is 2.13. The van der Waals surface area contributed by atoms with Gasteiger partial charge in [0.2, 0.25) is 5.91 Å². The molecule has 0 aliphatic heterocycles. The lowest BCUT2D eigenvalue weighted by atomic mass is 10.4. The Bertz CT molecular complexity index is 379. The second-order valence-corrected chi connectivity index (χ2v) is 5.23. The van der Waals surface area contributed by atoms with Crippen LogP contribution in [0.15, 0.2) is 5.38 Å². The zero-order chi connectivity index (χ0) is 13.5. The van der Waals surface area contributed by atoms with Gasteiger partial charge in [-0.1, -0.05) is 6.92 Å². The van der Waals surface area contributed by atoms with Crippen LogP contribution in [0, 0.1) is 0 Å². The summed E-state index contributed by atoms with van der Waals surface area (Å²) in [7, 11) is 3.49. The van der Waals surface area contributed by atoms with E-state index in [4.69, 9.17) is 5.11 Å². The predicted molar refractivity (Wildman–Crippen MR) is 72.5 cm³/mol. The molecular formula is C12H21N3O2S. The van der Waals surface area contributed by atoms with E-state index >= 15 is 0 Å². The largest absolute Gasteiger partial charge is 0.395 e. The lowest BCUT2D eigenvalue weighted by Crippen LogP contribution is -2.26. The van der Waals surface area contributed by atoms with Gasteiger partial charge in [-0.05, 0) is 6.54 Å². The highest BCUT2D eigenvalue weighted by atomic mass is 32.1. The average Bonchev–Trinajstić information content (AvgIpc) is 2.75. The van der Waals surface area contributed by atoms with Crippen LogP contribution in [-0.4, -0.2) is 59.6 Å². The summed E-state index contributed by atoms with van der Waals surface area (Å²) in [5.41, 5.74) is 0.969. The first-order valence-electron chi connectivity index (χ1n) is 6.03. The number of likely N-dealkylation sites (N-methyl/N-ethyl adjacent to an activating group) is 2. The first-order valence-corrected chi connectivity index (χ1v) is 6.91. The van der Waals surface area contributed by atoms with Crippen molar-refractivity contribution in [2.45, 2.75) is 19.9 Å². The minimum Gasteiger partial charge on any atom is -0.395 e. The number of hydrogen-bond acceptors (Lipinski definition) is 5. The number of amides is 1. The molecule has 5 nitrogen and oxygen atoms in total. The summed E-state index contributed by atoms with van der Waals surface area (Å²) in [4.78, 5) is 19.7. The number of nitrogens with zero attached hydrogens (tertiary/aromatic N) is 3. The molecule has 0 radical (unpaired) electrons. The van der Waals surface area contributed by atoms with Crippen LogP contribution in [0.25, 0.3) is 0 Å². The molecule has 1 heterocycles. The summed E-state index contributed by atoms with van der Waals surface area (Å²) < 4.78 is 0. The summed E-state index contributed by atoms with van der Waals surface area (Å²) in [5, 5.41) is 11.8. The molecule has 0 fully saturated rings. The van der Waals surface area contributed by atoms with E-state index in [1.807, 2.05) is 5.38 Å². The predicted octanol–water partition coefficient (Wildman–Crippen LogP) is 0.588. The summed E-state index contributed by atoms with van der Waals surface area (Å²) in [6.07, 6.45) is 0.365. The molecule has 1 N–H and O–H groups in total. The molecule has 1 amide bonds. The van der Waals surface area contributed by atoms with E-state index in [0.717, 1.165) is 23.8 Å². The SMILES string of the molecule is CCN(CCO)Cc1csc(CC(=O)N(C)C)n1. The van der Waals surface area contributed by atoms with E-state index in [1.54, 1.807) is 19.0 Å². The molecule has 0 spiro atoms. The van der Waals surface area contributed by atoms with Crippen molar-refractivity contribution >= 4 is 17.2 Å². The Hall–Kier alpha value is -0.980. The van der Waals surface area contributed by atoms with E-state index in [1.165, 1.54) is 11.3 Å². The first kappa shape index (κ1) is 15.1. The number of hydrogen-bond donors (Lipinski definition) is 1. The second kappa shape index (κ2) is 7.45. The van der Waals surface area contributed by atoms with E-state index < -0.39 is 0 Å². The van der Waals surface area contributed by atoms with Gasteiger partial charge in [0.25, 0.3) is 0 Å². The topological polar surface area (TPSA) is 56.7 Å². The molecule has 1 aromatic rings. The van der Waals surface area contributed by atoms with Gasteiger partial charge in [0.1, 0.15) is 5.01 Å². The molecule has 1 aromatic heterocycles. The summed E-state index contributed by atoms with van der Waals surface area (Å²) in [6, 6.07) is 0. The quantitative estimate of drug-likeness (QED) is 0.788. The van der Waals surface area contributed by atoms with E-state index in [2.05, 4.69) is 16.8 Å². The zero-order valence-corrected chi connectivity index (χ0v) is 12.0. The van der Waals surface area contributed by atoms with Crippen molar-refractivity contribution in [1.82, 2.24) is 14.8 Å². The fraction of sp³-hybridized carbons (Fsp3) is 0.667. The Morgan fingerprint density at radius 1 is 1.50 bits per heavy atom. The highest BCUT2D eigenvalue weighted by Gasteiger charge is 2.11. The van der Waals surface area contributed by atoms with Gasteiger partial charge in [-0.2, -0.15) is 0 Å². The maximum absolute atomic E-state index is 11.6. The van der Waals surface area contributed by atoms with Crippen LogP contribution in [0.1, 0.15) is 17.6 Å². The Morgan fingerprint density at radius 3 is 2.78 bits per heavy atom. The van der Waals surface area contributed by atoms with Crippen LogP contribution >= 0.6 is 11.3 Å². The van der Waals surface area contributed by atoms with Crippen molar-refractivity contribution in [2.75, 3.05) is 33.8 Å². The average molecular weight is 271 g/mol. The van der Waals surface area contributed by atoms with Crippen molar-refractivity contribution in [3.05, 3.63) is 16.1 Å². The molecule has 0 atom stereocenters. The molecule has 0 saturated carbocycles. The van der Waals surface area contributed by atoms with Gasteiger partial charge in [-0.15, -0.1) is 11.3 Å². The molecule has 18 heavy (non-hydrogen) atoms. The molecule has 6 heteroatoms. The molecule has 0 bridgehead atoms.